The van der Waals surface area contributed by atoms with Crippen LogP contribution in [0.3, 0.4) is 0 Å². The molecule has 1 aromatic carbocycles. The molecule has 0 saturated heterocycles. The third-order valence-corrected chi connectivity index (χ3v) is 3.61. The van der Waals surface area contributed by atoms with Crippen molar-refractivity contribution in [2.24, 2.45) is 0 Å². The zero-order valence-electron chi connectivity index (χ0n) is 11.7. The molecular weight excluding hydrogens is 319 g/mol. The number of carbonyl (C=O) groups is 2. The monoisotopic (exact) mass is 335 g/mol. The number of benzene rings is 1. The summed E-state index contributed by atoms with van der Waals surface area (Å²) in [6.45, 7) is 0. The summed E-state index contributed by atoms with van der Waals surface area (Å²) in [4.78, 5) is 21.8. The van der Waals surface area contributed by atoms with Gasteiger partial charge in [0.05, 0.1) is 12.8 Å². The smallest absolute Gasteiger partial charge is 0.389 e. The van der Waals surface area contributed by atoms with Gasteiger partial charge in [-0.15, -0.1) is 0 Å². The average Bonchev–Trinajstić information content (AvgIpc) is 2.41. The van der Waals surface area contributed by atoms with Gasteiger partial charge in [-0.3, -0.25) is 9.59 Å². The van der Waals surface area contributed by atoms with Crippen molar-refractivity contribution in [1.29, 1.82) is 0 Å². The molecule has 0 unspecified atom stereocenters. The van der Waals surface area contributed by atoms with E-state index in [1.807, 2.05) is 0 Å². The zero-order valence-corrected chi connectivity index (χ0v) is 12.5. The van der Waals surface area contributed by atoms with Crippen molar-refractivity contribution in [2.75, 3.05) is 11.1 Å². The van der Waals surface area contributed by atoms with Crippen molar-refractivity contribution in [3.63, 3.8) is 0 Å². The molecule has 8 heteroatoms. The molecule has 0 bridgehead atoms. The fourth-order valence-corrected chi connectivity index (χ4v) is 2.45. The molecule has 0 aliphatic heterocycles. The largest absolute Gasteiger partial charge is 0.481 e. The summed E-state index contributed by atoms with van der Waals surface area (Å²) < 4.78 is 36.1. The lowest BCUT2D eigenvalue weighted by Crippen LogP contribution is -2.16. The van der Waals surface area contributed by atoms with Crippen LogP contribution < -0.4 is 5.32 Å². The normalized spacial score (nSPS) is 11.2. The van der Waals surface area contributed by atoms with Crippen molar-refractivity contribution in [2.45, 2.75) is 31.2 Å². The molecule has 1 aromatic rings. The van der Waals surface area contributed by atoms with Crippen LogP contribution in [0.5, 0.6) is 0 Å². The molecule has 0 heterocycles. The van der Waals surface area contributed by atoms with Crippen molar-refractivity contribution in [3.05, 3.63) is 29.8 Å². The van der Waals surface area contributed by atoms with Crippen LogP contribution in [0.1, 0.15) is 24.8 Å². The van der Waals surface area contributed by atoms with Gasteiger partial charge < -0.3 is 10.4 Å². The SMILES string of the molecule is O=C(O)CCSCc1cccc(NC(=O)CCC(F)(F)F)c1. The lowest BCUT2D eigenvalue weighted by molar-refractivity contribution is -0.142. The molecule has 0 aliphatic rings. The molecule has 0 atom stereocenters. The molecule has 22 heavy (non-hydrogen) atoms. The van der Waals surface area contributed by atoms with Gasteiger partial charge in [0.15, 0.2) is 0 Å². The number of aliphatic carboxylic acids is 1. The summed E-state index contributed by atoms with van der Waals surface area (Å²) in [5.41, 5.74) is 1.30. The summed E-state index contributed by atoms with van der Waals surface area (Å²) in [6.07, 6.45) is -6.04. The Morgan fingerprint density at radius 1 is 1.23 bits per heavy atom. The molecule has 0 aliphatic carbocycles. The Morgan fingerprint density at radius 2 is 1.95 bits per heavy atom. The van der Waals surface area contributed by atoms with E-state index < -0.39 is 30.9 Å². The highest BCUT2D eigenvalue weighted by Gasteiger charge is 2.27. The lowest BCUT2D eigenvalue weighted by Gasteiger charge is -2.09. The highest BCUT2D eigenvalue weighted by Crippen LogP contribution is 2.22. The molecule has 0 radical (unpaired) electrons. The maximum absolute atomic E-state index is 12.0. The fourth-order valence-electron chi connectivity index (χ4n) is 1.57. The van der Waals surface area contributed by atoms with E-state index >= 15 is 0 Å². The quantitative estimate of drug-likeness (QED) is 0.711. The van der Waals surface area contributed by atoms with Crippen LogP contribution >= 0.6 is 11.8 Å². The Balaban J connectivity index is 2.43. The van der Waals surface area contributed by atoms with E-state index in [4.69, 9.17) is 5.11 Å². The van der Waals surface area contributed by atoms with Crippen molar-refractivity contribution in [3.8, 4) is 0 Å². The van der Waals surface area contributed by atoms with Gasteiger partial charge in [0, 0.05) is 23.6 Å². The first-order chi connectivity index (χ1) is 10.3. The topological polar surface area (TPSA) is 66.4 Å². The van der Waals surface area contributed by atoms with Gasteiger partial charge in [0.1, 0.15) is 0 Å². The Labute approximate surface area is 130 Å². The molecule has 4 nitrogen and oxygen atoms in total. The van der Waals surface area contributed by atoms with Crippen LogP contribution in [0, 0.1) is 0 Å². The summed E-state index contributed by atoms with van der Waals surface area (Å²) in [5.74, 6) is -0.511. The number of hydrogen-bond acceptors (Lipinski definition) is 3. The first kappa shape index (κ1) is 18.3. The molecule has 0 saturated carbocycles. The van der Waals surface area contributed by atoms with Gasteiger partial charge in [0.25, 0.3) is 0 Å². The van der Waals surface area contributed by atoms with E-state index in [0.717, 1.165) is 5.56 Å². The second-order valence-corrected chi connectivity index (χ2v) is 5.67. The van der Waals surface area contributed by atoms with Crippen molar-refractivity contribution in [1.82, 2.24) is 0 Å². The number of amides is 1. The first-order valence-electron chi connectivity index (χ1n) is 6.51. The first-order valence-corrected chi connectivity index (χ1v) is 7.67. The molecule has 0 aromatic heterocycles. The number of nitrogens with one attached hydrogen (secondary N) is 1. The van der Waals surface area contributed by atoms with E-state index in [-0.39, 0.29) is 6.42 Å². The highest BCUT2D eigenvalue weighted by molar-refractivity contribution is 7.98. The molecule has 2 N–H and O–H groups in total. The van der Waals surface area contributed by atoms with Gasteiger partial charge in [-0.1, -0.05) is 12.1 Å². The lowest BCUT2D eigenvalue weighted by atomic mass is 10.2. The summed E-state index contributed by atoms with van der Waals surface area (Å²) >= 11 is 1.43. The van der Waals surface area contributed by atoms with E-state index in [9.17, 15) is 22.8 Å². The second-order valence-electron chi connectivity index (χ2n) is 4.56. The third-order valence-electron chi connectivity index (χ3n) is 2.58. The summed E-state index contributed by atoms with van der Waals surface area (Å²) in [6, 6.07) is 6.75. The van der Waals surface area contributed by atoms with E-state index in [2.05, 4.69) is 5.32 Å². The van der Waals surface area contributed by atoms with Gasteiger partial charge in [-0.2, -0.15) is 24.9 Å². The fraction of sp³-hybridized carbons (Fsp3) is 0.429. The Bertz CT molecular complexity index is 520. The summed E-state index contributed by atoms with van der Waals surface area (Å²) in [7, 11) is 0. The predicted molar refractivity (Wildman–Crippen MR) is 78.8 cm³/mol. The minimum atomic E-state index is -4.35. The van der Waals surface area contributed by atoms with Crippen LogP contribution in [0.15, 0.2) is 24.3 Å². The molecular formula is C14H16F3NO3S. The van der Waals surface area contributed by atoms with Crippen LogP contribution in [-0.2, 0) is 15.3 Å². The molecule has 1 rings (SSSR count). The zero-order chi connectivity index (χ0) is 16.6. The van der Waals surface area contributed by atoms with Gasteiger partial charge in [-0.25, -0.2) is 0 Å². The third kappa shape index (κ3) is 8.56. The molecule has 1 amide bonds. The standard InChI is InChI=1S/C14H16F3NO3S/c15-14(16,17)6-4-12(19)18-11-3-1-2-10(8-11)9-22-7-5-13(20)21/h1-3,8H,4-7,9H2,(H,18,19)(H,20,21). The van der Waals surface area contributed by atoms with Crippen LogP contribution in [0.25, 0.3) is 0 Å². The van der Waals surface area contributed by atoms with E-state index in [1.165, 1.54) is 11.8 Å². The summed E-state index contributed by atoms with van der Waals surface area (Å²) in [5, 5.41) is 10.9. The molecule has 122 valence electrons. The highest BCUT2D eigenvalue weighted by atomic mass is 32.2. The number of alkyl halides is 3. The second kappa shape index (κ2) is 8.67. The van der Waals surface area contributed by atoms with Crippen LogP contribution in [0.4, 0.5) is 18.9 Å². The number of thioether (sulfide) groups is 1. The number of halogens is 3. The maximum Gasteiger partial charge on any atom is 0.389 e. The van der Waals surface area contributed by atoms with Crippen molar-refractivity contribution >= 4 is 29.3 Å². The Kier molecular flexibility index (Phi) is 7.23. The van der Waals surface area contributed by atoms with Crippen molar-refractivity contribution < 1.29 is 27.9 Å². The van der Waals surface area contributed by atoms with Gasteiger partial charge >= 0.3 is 12.1 Å². The number of rotatable bonds is 8. The van der Waals surface area contributed by atoms with Crippen LogP contribution in [0.2, 0.25) is 0 Å². The predicted octanol–water partition coefficient (Wildman–Crippen LogP) is 3.68. The van der Waals surface area contributed by atoms with Gasteiger partial charge in [-0.05, 0) is 17.7 Å². The number of hydrogen-bond donors (Lipinski definition) is 2. The molecule has 0 fully saturated rings. The minimum Gasteiger partial charge on any atom is -0.481 e. The minimum absolute atomic E-state index is 0.0680. The maximum atomic E-state index is 12.0. The Hall–Kier alpha value is -1.70. The van der Waals surface area contributed by atoms with Crippen LogP contribution in [-0.4, -0.2) is 28.9 Å². The van der Waals surface area contributed by atoms with Gasteiger partial charge in [0.2, 0.25) is 5.91 Å². The number of carboxylic acid groups (broad SMARTS) is 1. The Morgan fingerprint density at radius 3 is 2.59 bits per heavy atom. The number of anilines is 1. The average molecular weight is 335 g/mol. The van der Waals surface area contributed by atoms with E-state index in [0.29, 0.717) is 17.2 Å². The number of carboxylic acids is 1. The van der Waals surface area contributed by atoms with E-state index in [1.54, 1.807) is 24.3 Å². The molecule has 0 spiro atoms. The number of carbonyl (C=O) groups excluding carboxylic acids is 1.